The Morgan fingerprint density at radius 1 is 1.21 bits per heavy atom. The second kappa shape index (κ2) is 5.47. The minimum atomic E-state index is -0.192. The van der Waals surface area contributed by atoms with Crippen molar-refractivity contribution in [2.24, 2.45) is 0 Å². The van der Waals surface area contributed by atoms with E-state index in [9.17, 15) is 4.79 Å². The third kappa shape index (κ3) is 2.97. The zero-order valence-electron chi connectivity index (χ0n) is 14.6. The molecule has 0 saturated heterocycles. The van der Waals surface area contributed by atoms with Gasteiger partial charge in [0.05, 0.1) is 11.2 Å². The first-order valence-corrected chi connectivity index (χ1v) is 8.90. The standard InChI is InChI=1S/C20H25N3O/c1-20(2,3)23-18(12-16(22-23)14-9-10-14)19(24)21-17-11-15(17)13-7-5-4-6-8-13/h4-8,12,14-15,17H,9-11H2,1-3H3,(H,21,24)/t15-,17+/m1/s1. The Kier molecular flexibility index (Phi) is 3.52. The van der Waals surface area contributed by atoms with Crippen LogP contribution in [0.5, 0.6) is 0 Å². The zero-order chi connectivity index (χ0) is 16.9. The molecule has 2 aliphatic rings. The lowest BCUT2D eigenvalue weighted by molar-refractivity contribution is 0.0932. The summed E-state index contributed by atoms with van der Waals surface area (Å²) in [6.07, 6.45) is 3.41. The van der Waals surface area contributed by atoms with Gasteiger partial charge in [0, 0.05) is 17.9 Å². The highest BCUT2D eigenvalue weighted by molar-refractivity contribution is 5.93. The van der Waals surface area contributed by atoms with Gasteiger partial charge in [0.2, 0.25) is 0 Å². The molecule has 2 saturated carbocycles. The van der Waals surface area contributed by atoms with Crippen LogP contribution in [0.1, 0.15) is 73.6 Å². The number of carbonyl (C=O) groups is 1. The quantitative estimate of drug-likeness (QED) is 0.930. The summed E-state index contributed by atoms with van der Waals surface area (Å²) >= 11 is 0. The number of amides is 1. The average Bonchev–Trinajstić information content (AvgIpc) is 3.46. The van der Waals surface area contributed by atoms with Gasteiger partial charge in [0.15, 0.2) is 0 Å². The van der Waals surface area contributed by atoms with Gasteiger partial charge < -0.3 is 5.32 Å². The molecular formula is C20H25N3O. The first kappa shape index (κ1) is 15.4. The molecule has 2 aromatic rings. The molecule has 0 unspecified atom stereocenters. The Balaban J connectivity index is 1.51. The molecule has 1 amide bonds. The van der Waals surface area contributed by atoms with Crippen LogP contribution in [0.15, 0.2) is 36.4 Å². The molecule has 0 radical (unpaired) electrons. The van der Waals surface area contributed by atoms with Crippen LogP contribution in [0.4, 0.5) is 0 Å². The summed E-state index contributed by atoms with van der Waals surface area (Å²) in [5, 5.41) is 7.93. The Morgan fingerprint density at radius 3 is 2.54 bits per heavy atom. The summed E-state index contributed by atoms with van der Waals surface area (Å²) in [7, 11) is 0. The lowest BCUT2D eigenvalue weighted by Gasteiger charge is -2.22. The first-order valence-electron chi connectivity index (χ1n) is 8.90. The summed E-state index contributed by atoms with van der Waals surface area (Å²) in [5.74, 6) is 1.01. The van der Waals surface area contributed by atoms with Crippen LogP contribution in [0, 0.1) is 0 Å². The van der Waals surface area contributed by atoms with E-state index in [1.807, 2.05) is 16.8 Å². The van der Waals surface area contributed by atoms with Crippen LogP contribution in [0.2, 0.25) is 0 Å². The summed E-state index contributed by atoms with van der Waals surface area (Å²) in [6, 6.07) is 12.7. The highest BCUT2D eigenvalue weighted by atomic mass is 16.2. The number of hydrogen-bond acceptors (Lipinski definition) is 2. The van der Waals surface area contributed by atoms with E-state index in [0.717, 1.165) is 12.1 Å². The van der Waals surface area contributed by atoms with E-state index in [0.29, 0.717) is 17.5 Å². The van der Waals surface area contributed by atoms with Crippen LogP contribution in [0.25, 0.3) is 0 Å². The predicted molar refractivity (Wildman–Crippen MR) is 94.3 cm³/mol. The Hall–Kier alpha value is -2.10. The SMILES string of the molecule is CC(C)(C)n1nc(C2CC2)cc1C(=O)N[C@H]1C[C@@H]1c1ccccc1. The molecule has 2 aliphatic carbocycles. The minimum Gasteiger partial charge on any atom is -0.347 e. The highest BCUT2D eigenvalue weighted by Crippen LogP contribution is 2.42. The zero-order valence-corrected chi connectivity index (χ0v) is 14.6. The van der Waals surface area contributed by atoms with Gasteiger partial charge in [-0.05, 0) is 51.7 Å². The van der Waals surface area contributed by atoms with E-state index in [2.05, 4.69) is 50.4 Å². The summed E-state index contributed by atoms with van der Waals surface area (Å²) < 4.78 is 1.90. The maximum Gasteiger partial charge on any atom is 0.269 e. The third-order valence-electron chi connectivity index (χ3n) is 4.93. The number of rotatable bonds is 4. The average molecular weight is 323 g/mol. The lowest BCUT2D eigenvalue weighted by atomic mass is 10.1. The van der Waals surface area contributed by atoms with E-state index in [4.69, 9.17) is 5.10 Å². The van der Waals surface area contributed by atoms with E-state index in [-0.39, 0.29) is 17.5 Å². The molecule has 1 heterocycles. The van der Waals surface area contributed by atoms with Crippen molar-refractivity contribution in [1.82, 2.24) is 15.1 Å². The van der Waals surface area contributed by atoms with Gasteiger partial charge in [0.25, 0.3) is 5.91 Å². The van der Waals surface area contributed by atoms with Gasteiger partial charge in [0.1, 0.15) is 5.69 Å². The van der Waals surface area contributed by atoms with Gasteiger partial charge in [-0.25, -0.2) is 0 Å². The maximum absolute atomic E-state index is 12.8. The smallest absolute Gasteiger partial charge is 0.269 e. The number of nitrogens with zero attached hydrogens (tertiary/aromatic N) is 2. The molecule has 0 spiro atoms. The summed E-state index contributed by atoms with van der Waals surface area (Å²) in [5.41, 5.74) is 2.89. The van der Waals surface area contributed by atoms with Crippen molar-refractivity contribution >= 4 is 5.91 Å². The molecule has 4 rings (SSSR count). The second-order valence-electron chi connectivity index (χ2n) is 8.14. The van der Waals surface area contributed by atoms with Gasteiger partial charge in [-0.1, -0.05) is 30.3 Å². The second-order valence-corrected chi connectivity index (χ2v) is 8.14. The molecule has 0 aliphatic heterocycles. The van der Waals surface area contributed by atoms with Crippen molar-refractivity contribution in [2.45, 2.75) is 63.5 Å². The van der Waals surface area contributed by atoms with Crippen LogP contribution < -0.4 is 5.32 Å². The van der Waals surface area contributed by atoms with Crippen molar-refractivity contribution in [3.63, 3.8) is 0 Å². The van der Waals surface area contributed by atoms with Crippen LogP contribution in [0.3, 0.4) is 0 Å². The fraction of sp³-hybridized carbons (Fsp3) is 0.500. The predicted octanol–water partition coefficient (Wildman–Crippen LogP) is 3.80. The number of carbonyl (C=O) groups excluding carboxylic acids is 1. The van der Waals surface area contributed by atoms with E-state index < -0.39 is 0 Å². The molecule has 4 heteroatoms. The molecule has 2 fully saturated rings. The third-order valence-corrected chi connectivity index (χ3v) is 4.93. The molecule has 1 N–H and O–H groups in total. The van der Waals surface area contributed by atoms with Crippen LogP contribution in [-0.4, -0.2) is 21.7 Å². The molecule has 126 valence electrons. The molecule has 2 atom stereocenters. The molecule has 0 bridgehead atoms. The van der Waals surface area contributed by atoms with Crippen LogP contribution >= 0.6 is 0 Å². The molecule has 1 aromatic carbocycles. The molecule has 24 heavy (non-hydrogen) atoms. The Labute approximate surface area is 143 Å². The number of benzene rings is 1. The highest BCUT2D eigenvalue weighted by Gasteiger charge is 2.40. The summed E-state index contributed by atoms with van der Waals surface area (Å²) in [4.78, 5) is 12.8. The van der Waals surface area contributed by atoms with Crippen molar-refractivity contribution in [2.75, 3.05) is 0 Å². The molecule has 1 aromatic heterocycles. The van der Waals surface area contributed by atoms with E-state index in [1.165, 1.54) is 18.4 Å². The first-order chi connectivity index (χ1) is 11.4. The number of hydrogen-bond donors (Lipinski definition) is 1. The lowest BCUT2D eigenvalue weighted by Crippen LogP contribution is -2.33. The van der Waals surface area contributed by atoms with Crippen molar-refractivity contribution in [3.05, 3.63) is 53.3 Å². The van der Waals surface area contributed by atoms with Gasteiger partial charge in [-0.2, -0.15) is 5.10 Å². The van der Waals surface area contributed by atoms with E-state index >= 15 is 0 Å². The topological polar surface area (TPSA) is 46.9 Å². The number of aromatic nitrogens is 2. The van der Waals surface area contributed by atoms with E-state index in [1.54, 1.807) is 0 Å². The van der Waals surface area contributed by atoms with Crippen molar-refractivity contribution in [1.29, 1.82) is 0 Å². The van der Waals surface area contributed by atoms with Crippen molar-refractivity contribution in [3.8, 4) is 0 Å². The fourth-order valence-electron chi connectivity index (χ4n) is 3.32. The summed E-state index contributed by atoms with van der Waals surface area (Å²) in [6.45, 7) is 6.28. The van der Waals surface area contributed by atoms with Crippen LogP contribution in [-0.2, 0) is 5.54 Å². The molecule has 4 nitrogen and oxygen atoms in total. The molecular weight excluding hydrogens is 298 g/mol. The van der Waals surface area contributed by atoms with Gasteiger partial charge in [-0.3, -0.25) is 9.48 Å². The van der Waals surface area contributed by atoms with Gasteiger partial charge >= 0.3 is 0 Å². The Morgan fingerprint density at radius 2 is 1.92 bits per heavy atom. The monoisotopic (exact) mass is 323 g/mol. The largest absolute Gasteiger partial charge is 0.347 e. The van der Waals surface area contributed by atoms with Crippen molar-refractivity contribution < 1.29 is 4.79 Å². The fourth-order valence-corrected chi connectivity index (χ4v) is 3.32. The minimum absolute atomic E-state index is 0.00718. The van der Waals surface area contributed by atoms with Gasteiger partial charge in [-0.15, -0.1) is 0 Å². The maximum atomic E-state index is 12.8. The Bertz CT molecular complexity index is 753. The number of nitrogens with one attached hydrogen (secondary N) is 1. The normalized spacial score (nSPS) is 23.1.